The zero-order chi connectivity index (χ0) is 44.6. The SMILES string of the molecule is Cn1cnc2c(-c3ccc(C(F)(F)F)cn3)cnc(N[C@H]3CCN(C(=O)OC(C)(C)C)C3)c2c1=O.Cn1cnc2c(Br)cnc(N[C@H]3CCN(C(=O)OC(C)(C)C)C3)c2c1=O. The molecular formula is C40H47BrF3N11O6. The lowest BCUT2D eigenvalue weighted by molar-refractivity contribution is -0.137. The molecule has 7 heterocycles. The van der Waals surface area contributed by atoms with Crippen molar-refractivity contribution in [3.05, 3.63) is 74.1 Å². The van der Waals surface area contributed by atoms with Crippen molar-refractivity contribution in [2.24, 2.45) is 14.1 Å². The van der Waals surface area contributed by atoms with Crippen LogP contribution in [0.4, 0.5) is 34.4 Å². The molecule has 0 radical (unpaired) electrons. The molecule has 17 nitrogen and oxygen atoms in total. The Morgan fingerprint density at radius 1 is 0.705 bits per heavy atom. The van der Waals surface area contributed by atoms with Gasteiger partial charge in [0.2, 0.25) is 0 Å². The number of nitrogens with one attached hydrogen (secondary N) is 2. The fourth-order valence-electron chi connectivity index (χ4n) is 6.65. The quantitative estimate of drug-likeness (QED) is 0.199. The number of hydrogen-bond donors (Lipinski definition) is 2. The van der Waals surface area contributed by atoms with Crippen molar-refractivity contribution in [3.63, 3.8) is 0 Å². The van der Waals surface area contributed by atoms with Crippen LogP contribution in [0.15, 0.2) is 57.4 Å². The zero-order valence-corrected chi connectivity index (χ0v) is 36.5. The molecule has 21 heteroatoms. The lowest BCUT2D eigenvalue weighted by Crippen LogP contribution is -2.36. The largest absolute Gasteiger partial charge is 0.444 e. The molecule has 326 valence electrons. The van der Waals surface area contributed by atoms with E-state index in [1.165, 1.54) is 34.1 Å². The predicted octanol–water partition coefficient (Wildman–Crippen LogP) is 6.34. The highest BCUT2D eigenvalue weighted by atomic mass is 79.9. The Morgan fingerprint density at radius 3 is 1.64 bits per heavy atom. The second-order valence-electron chi connectivity index (χ2n) is 16.8. The Kier molecular flexibility index (Phi) is 12.6. The van der Waals surface area contributed by atoms with Gasteiger partial charge in [-0.25, -0.2) is 29.5 Å². The summed E-state index contributed by atoms with van der Waals surface area (Å²) in [5.41, 5.74) is -1.19. The third-order valence-corrected chi connectivity index (χ3v) is 10.2. The number of amides is 2. The highest BCUT2D eigenvalue weighted by Gasteiger charge is 2.33. The van der Waals surface area contributed by atoms with Gasteiger partial charge in [-0.2, -0.15) is 13.2 Å². The molecule has 5 aromatic heterocycles. The average Bonchev–Trinajstić information content (AvgIpc) is 3.85. The molecule has 2 amide bonds. The molecule has 2 saturated heterocycles. The van der Waals surface area contributed by atoms with Gasteiger partial charge < -0.3 is 39.0 Å². The van der Waals surface area contributed by atoms with Gasteiger partial charge in [-0.3, -0.25) is 14.6 Å². The molecule has 0 spiro atoms. The third kappa shape index (κ3) is 10.5. The minimum atomic E-state index is -4.51. The number of aryl methyl sites for hydroxylation is 2. The number of alkyl halides is 3. The topological polar surface area (TPSA) is 192 Å². The lowest BCUT2D eigenvalue weighted by Gasteiger charge is -2.24. The second-order valence-corrected chi connectivity index (χ2v) is 17.6. The van der Waals surface area contributed by atoms with Gasteiger partial charge in [-0.15, -0.1) is 0 Å². The van der Waals surface area contributed by atoms with Crippen LogP contribution in [0.25, 0.3) is 33.1 Å². The van der Waals surface area contributed by atoms with Crippen LogP contribution >= 0.6 is 15.9 Å². The molecule has 0 bridgehead atoms. The molecule has 0 aromatic carbocycles. The third-order valence-electron chi connectivity index (χ3n) is 9.58. The first-order valence-electron chi connectivity index (χ1n) is 19.4. The molecular weight excluding hydrogens is 867 g/mol. The van der Waals surface area contributed by atoms with E-state index < -0.39 is 29.0 Å². The molecule has 5 aromatic rings. The Labute approximate surface area is 356 Å². The van der Waals surface area contributed by atoms with Gasteiger partial charge in [-0.1, -0.05) is 0 Å². The minimum absolute atomic E-state index is 0.00990. The van der Waals surface area contributed by atoms with Crippen LogP contribution in [0.3, 0.4) is 0 Å². The maximum Gasteiger partial charge on any atom is 0.417 e. The number of pyridine rings is 3. The molecule has 0 unspecified atom stereocenters. The molecule has 2 fully saturated rings. The summed E-state index contributed by atoms with van der Waals surface area (Å²) in [5, 5.41) is 7.13. The summed E-state index contributed by atoms with van der Waals surface area (Å²) in [7, 11) is 3.20. The highest BCUT2D eigenvalue weighted by Crippen LogP contribution is 2.32. The van der Waals surface area contributed by atoms with Crippen LogP contribution in [-0.4, -0.2) is 106 Å². The number of halogens is 4. The van der Waals surface area contributed by atoms with Crippen LogP contribution in [0.1, 0.15) is 59.9 Å². The molecule has 2 aliphatic rings. The van der Waals surface area contributed by atoms with Crippen molar-refractivity contribution >= 4 is 61.6 Å². The summed E-state index contributed by atoms with van der Waals surface area (Å²) in [6, 6.07) is 1.95. The molecule has 2 aliphatic heterocycles. The minimum Gasteiger partial charge on any atom is -0.444 e. The number of rotatable bonds is 5. The van der Waals surface area contributed by atoms with Crippen molar-refractivity contribution in [1.29, 1.82) is 0 Å². The molecule has 0 saturated carbocycles. The smallest absolute Gasteiger partial charge is 0.417 e. The number of carbonyl (C=O) groups is 2. The fraction of sp³-hybridized carbons (Fsp3) is 0.475. The predicted molar refractivity (Wildman–Crippen MR) is 225 cm³/mol. The monoisotopic (exact) mass is 913 g/mol. The molecule has 2 atom stereocenters. The van der Waals surface area contributed by atoms with Crippen LogP contribution < -0.4 is 21.8 Å². The fourth-order valence-corrected chi connectivity index (χ4v) is 7.05. The van der Waals surface area contributed by atoms with E-state index >= 15 is 0 Å². The lowest BCUT2D eigenvalue weighted by atomic mass is 10.1. The van der Waals surface area contributed by atoms with E-state index in [9.17, 15) is 32.3 Å². The van der Waals surface area contributed by atoms with E-state index in [2.05, 4.69) is 51.5 Å². The van der Waals surface area contributed by atoms with Crippen LogP contribution in [0.2, 0.25) is 0 Å². The van der Waals surface area contributed by atoms with E-state index in [1.807, 2.05) is 20.8 Å². The summed E-state index contributed by atoms with van der Waals surface area (Å²) in [4.78, 5) is 74.7. The van der Waals surface area contributed by atoms with E-state index in [4.69, 9.17) is 9.47 Å². The second kappa shape index (κ2) is 17.3. The van der Waals surface area contributed by atoms with Gasteiger partial charge in [0, 0.05) is 76.5 Å². The summed E-state index contributed by atoms with van der Waals surface area (Å²) < 4.78 is 53.0. The number of carbonyl (C=O) groups excluding carboxylic acids is 2. The number of hydrogen-bond acceptors (Lipinski definition) is 13. The van der Waals surface area contributed by atoms with Crippen LogP contribution in [0.5, 0.6) is 0 Å². The molecule has 2 N–H and O–H groups in total. The van der Waals surface area contributed by atoms with E-state index in [1.54, 1.807) is 50.9 Å². The number of nitrogens with zero attached hydrogens (tertiary/aromatic N) is 9. The average molecular weight is 915 g/mol. The number of aromatic nitrogens is 7. The number of fused-ring (bicyclic) bond motifs is 2. The zero-order valence-electron chi connectivity index (χ0n) is 34.9. The Hall–Kier alpha value is -5.86. The van der Waals surface area contributed by atoms with Gasteiger partial charge >= 0.3 is 18.4 Å². The normalized spacial score (nSPS) is 17.0. The van der Waals surface area contributed by atoms with Crippen LogP contribution in [-0.2, 0) is 29.7 Å². The number of ether oxygens (including phenoxy) is 2. The maximum atomic E-state index is 13.0. The molecule has 0 aliphatic carbocycles. The molecule has 7 rings (SSSR count). The van der Waals surface area contributed by atoms with Crippen molar-refractivity contribution in [3.8, 4) is 11.3 Å². The molecule has 61 heavy (non-hydrogen) atoms. The van der Waals surface area contributed by atoms with Gasteiger partial charge in [-0.05, 0) is 82.4 Å². The van der Waals surface area contributed by atoms with E-state index in [0.717, 1.165) is 18.7 Å². The summed E-state index contributed by atoms with van der Waals surface area (Å²) in [6.45, 7) is 12.8. The van der Waals surface area contributed by atoms with Crippen molar-refractivity contribution in [1.82, 2.24) is 43.9 Å². The summed E-state index contributed by atoms with van der Waals surface area (Å²) >= 11 is 3.39. The maximum absolute atomic E-state index is 13.0. The number of anilines is 2. The standard InChI is InChI=1S/C23H25F3N6O3.C17H22BrN5O3/c1-22(2,3)35-21(34)32-8-7-14(11-32)30-19-17-18(29-12-31(4)20(17)33)15(10-28-19)16-6-5-13(9-27-16)23(24,25)26;1-17(2,3)26-16(25)23-6-5-10(8-23)21-14-12-13(11(18)7-19-14)20-9-22(4)15(12)24/h5-6,9-10,12,14H,7-8,11H2,1-4H3,(H,28,30);7,9-10H,5-6,8H2,1-4H3,(H,19,21)/t14-;10-/m00/s1. The van der Waals surface area contributed by atoms with Gasteiger partial charge in [0.1, 0.15) is 33.6 Å². The van der Waals surface area contributed by atoms with Gasteiger partial charge in [0.15, 0.2) is 0 Å². The first kappa shape index (κ1) is 44.7. The van der Waals surface area contributed by atoms with Gasteiger partial charge in [0.25, 0.3) is 11.1 Å². The first-order valence-corrected chi connectivity index (χ1v) is 20.1. The Bertz CT molecular complexity index is 2570. The highest BCUT2D eigenvalue weighted by molar-refractivity contribution is 9.10. The number of likely N-dealkylation sites (tertiary alicyclic amines) is 2. The summed E-state index contributed by atoms with van der Waals surface area (Å²) in [5.74, 6) is 0.758. The van der Waals surface area contributed by atoms with Crippen molar-refractivity contribution < 1.29 is 32.2 Å². The Morgan fingerprint density at radius 2 is 1.18 bits per heavy atom. The van der Waals surface area contributed by atoms with Crippen LogP contribution in [0, 0.1) is 0 Å². The van der Waals surface area contributed by atoms with Gasteiger partial charge in [0.05, 0.1) is 39.4 Å². The van der Waals surface area contributed by atoms with Crippen molar-refractivity contribution in [2.75, 3.05) is 36.8 Å². The Balaban J connectivity index is 0.000000213. The van der Waals surface area contributed by atoms with E-state index in [0.29, 0.717) is 59.4 Å². The van der Waals surface area contributed by atoms with Crippen molar-refractivity contribution in [2.45, 2.75) is 83.8 Å². The van der Waals surface area contributed by atoms with E-state index in [-0.39, 0.29) is 51.7 Å². The summed E-state index contributed by atoms with van der Waals surface area (Å²) in [6.07, 6.45) is 2.71. The first-order chi connectivity index (χ1) is 28.5.